The number of carbonyl (C=O) groups excluding carboxylic acids is 1. The van der Waals surface area contributed by atoms with Gasteiger partial charge < -0.3 is 18.9 Å². The number of carbonyl (C=O) groups is 1. The Balaban J connectivity index is 1.57. The van der Waals surface area contributed by atoms with Crippen LogP contribution in [0.25, 0.3) is 22.3 Å². The Morgan fingerprint density at radius 2 is 1.76 bits per heavy atom. The van der Waals surface area contributed by atoms with Gasteiger partial charge in [0.15, 0.2) is 0 Å². The summed E-state index contributed by atoms with van der Waals surface area (Å²) in [5.41, 5.74) is 2.77. The summed E-state index contributed by atoms with van der Waals surface area (Å²) in [5, 5.41) is 12.2. The van der Waals surface area contributed by atoms with Crippen LogP contribution in [0, 0.1) is 0 Å². The van der Waals surface area contributed by atoms with Crippen molar-refractivity contribution in [3.63, 3.8) is 0 Å². The van der Waals surface area contributed by atoms with Crippen molar-refractivity contribution in [3.8, 4) is 17.1 Å². The Morgan fingerprint density at radius 3 is 2.40 bits per heavy atom. The molecule has 2 aromatic heterocycles. The number of aromatic nitrogens is 2. The van der Waals surface area contributed by atoms with Crippen LogP contribution in [0.2, 0.25) is 0 Å². The average Bonchev–Trinajstić information content (AvgIpc) is 3.27. The first-order valence-corrected chi connectivity index (χ1v) is 16.3. The van der Waals surface area contributed by atoms with Crippen LogP contribution in [-0.2, 0) is 48.3 Å². The number of rotatable bonds is 12. The molecule has 42 heavy (non-hydrogen) atoms. The van der Waals surface area contributed by atoms with Gasteiger partial charge in [-0.3, -0.25) is 18.6 Å². The topological polar surface area (TPSA) is 126 Å². The van der Waals surface area contributed by atoms with Crippen LogP contribution >= 0.6 is 7.82 Å². The highest BCUT2D eigenvalue weighted by molar-refractivity contribution is 7.48. The molecule has 10 nitrogen and oxygen atoms in total. The normalized spacial score (nSPS) is 17.9. The van der Waals surface area contributed by atoms with Crippen LogP contribution in [0.3, 0.4) is 0 Å². The smallest absolute Gasteiger partial charge is 0.460 e. The van der Waals surface area contributed by atoms with E-state index in [0.717, 1.165) is 42.2 Å². The van der Waals surface area contributed by atoms with Crippen LogP contribution in [0.5, 0.6) is 5.75 Å². The molecule has 2 aliphatic rings. The van der Waals surface area contributed by atoms with E-state index < -0.39 is 19.4 Å². The van der Waals surface area contributed by atoms with Crippen LogP contribution in [0.15, 0.2) is 29.1 Å². The Hall–Kier alpha value is -3.04. The van der Waals surface area contributed by atoms with Crippen LogP contribution in [-0.4, -0.2) is 33.8 Å². The number of pyridine rings is 2. The van der Waals surface area contributed by atoms with E-state index in [-0.39, 0.29) is 38.2 Å². The van der Waals surface area contributed by atoms with Crippen molar-refractivity contribution < 1.29 is 32.8 Å². The molecule has 5 rings (SSSR count). The third-order valence-corrected chi connectivity index (χ3v) is 9.53. The van der Waals surface area contributed by atoms with Gasteiger partial charge in [0, 0.05) is 10.9 Å². The highest BCUT2D eigenvalue weighted by Crippen LogP contribution is 2.50. The highest BCUT2D eigenvalue weighted by Gasteiger charge is 2.40. The van der Waals surface area contributed by atoms with Gasteiger partial charge in [-0.25, -0.2) is 9.55 Å². The quantitative estimate of drug-likeness (QED) is 0.116. The van der Waals surface area contributed by atoms with Crippen LogP contribution in [0.1, 0.15) is 88.5 Å². The third-order valence-electron chi connectivity index (χ3n) is 8.10. The molecule has 0 saturated heterocycles. The molecule has 11 heteroatoms. The lowest BCUT2D eigenvalue weighted by Crippen LogP contribution is -2.32. The van der Waals surface area contributed by atoms with Crippen molar-refractivity contribution >= 4 is 24.7 Å². The minimum Gasteiger partial charge on any atom is -0.460 e. The molecule has 1 atom stereocenters. The average molecular weight is 599 g/mol. The lowest BCUT2D eigenvalue weighted by molar-refractivity contribution is -0.149. The number of phosphoric ester groups is 1. The second kappa shape index (κ2) is 12.3. The first-order valence-electron chi connectivity index (χ1n) is 14.9. The van der Waals surface area contributed by atoms with Gasteiger partial charge in [0.2, 0.25) is 0 Å². The number of hydrogen-bond acceptors (Lipinski definition) is 9. The predicted octanol–water partition coefficient (Wildman–Crippen LogP) is 6.15. The van der Waals surface area contributed by atoms with Crippen molar-refractivity contribution in [1.29, 1.82) is 0 Å². The molecule has 0 amide bonds. The monoisotopic (exact) mass is 598 g/mol. The van der Waals surface area contributed by atoms with Crippen molar-refractivity contribution in [1.82, 2.24) is 9.55 Å². The molecule has 1 unspecified atom stereocenters. The molecule has 1 aromatic carbocycles. The summed E-state index contributed by atoms with van der Waals surface area (Å²) >= 11 is 0. The number of aryl methyl sites for hydroxylation is 1. The summed E-state index contributed by atoms with van der Waals surface area (Å²) in [7, 11) is -3.83. The fraction of sp³-hybridized carbons (Fsp3) is 0.516. The van der Waals surface area contributed by atoms with Gasteiger partial charge in [-0.1, -0.05) is 40.5 Å². The van der Waals surface area contributed by atoms with E-state index in [2.05, 4.69) is 0 Å². The van der Waals surface area contributed by atoms with Gasteiger partial charge in [-0.05, 0) is 61.1 Å². The molecule has 0 bridgehead atoms. The van der Waals surface area contributed by atoms with E-state index in [4.69, 9.17) is 23.3 Å². The van der Waals surface area contributed by atoms with Gasteiger partial charge in [-0.15, -0.1) is 0 Å². The number of ether oxygens (including phenoxy) is 1. The van der Waals surface area contributed by atoms with E-state index in [1.54, 1.807) is 35.8 Å². The summed E-state index contributed by atoms with van der Waals surface area (Å²) in [6.07, 6.45) is 3.94. The zero-order valence-corrected chi connectivity index (χ0v) is 25.6. The zero-order valence-electron chi connectivity index (χ0n) is 24.7. The molecule has 0 fully saturated rings. The van der Waals surface area contributed by atoms with Crippen molar-refractivity contribution in [2.75, 3.05) is 13.2 Å². The Morgan fingerprint density at radius 1 is 1.05 bits per heavy atom. The molecule has 0 radical (unpaired) electrons. The second-order valence-corrected chi connectivity index (χ2v) is 12.5. The summed E-state index contributed by atoms with van der Waals surface area (Å²) < 4.78 is 37.5. The number of phosphoric acid groups is 1. The highest BCUT2D eigenvalue weighted by atomic mass is 31.2. The Labute approximate surface area is 245 Å². The van der Waals surface area contributed by atoms with Gasteiger partial charge in [-0.2, -0.15) is 0 Å². The van der Waals surface area contributed by atoms with Gasteiger partial charge in [0.25, 0.3) is 5.56 Å². The summed E-state index contributed by atoms with van der Waals surface area (Å²) in [4.78, 5) is 30.9. The first kappa shape index (κ1) is 30.4. The maximum absolute atomic E-state index is 13.7. The maximum atomic E-state index is 13.7. The number of aliphatic hydroxyl groups is 1. The van der Waals surface area contributed by atoms with E-state index in [1.165, 1.54) is 0 Å². The fourth-order valence-corrected chi connectivity index (χ4v) is 6.92. The first-order chi connectivity index (χ1) is 20.2. The lowest BCUT2D eigenvalue weighted by Gasteiger charge is -2.26. The SMILES string of the molecule is CCCCOP(=O)(OCCCC)Oc1ccc2nc3c(c(CC)c2c1)Cn1c-3cc2c(c1=O)COC(=O)CC2(O)CC. The summed E-state index contributed by atoms with van der Waals surface area (Å²) in [6.45, 7) is 8.52. The molecule has 3 aromatic rings. The van der Waals surface area contributed by atoms with E-state index in [9.17, 15) is 19.3 Å². The Bertz CT molecular complexity index is 1600. The summed E-state index contributed by atoms with van der Waals surface area (Å²) in [5.74, 6) is -0.184. The standard InChI is InChI=1S/C31H39N2O8P/c1-5-9-13-39-42(37,40-14-10-6-2)41-20-11-12-26-22(15-20)21(7-3)23-18-33-27(29(23)32-26)16-25-24(30(33)35)19-38-28(34)17-31(25,36)8-4/h11-12,15-16,36H,5-10,13-14,17-19H2,1-4H3. The number of hydrogen-bond donors (Lipinski definition) is 1. The molecule has 0 aliphatic carbocycles. The zero-order chi connectivity index (χ0) is 30.1. The number of fused-ring (bicyclic) bond motifs is 5. The second-order valence-electron chi connectivity index (χ2n) is 10.9. The van der Waals surface area contributed by atoms with E-state index in [0.29, 0.717) is 46.7 Å². The number of esters is 1. The number of cyclic esters (lactones) is 1. The fourth-order valence-electron chi connectivity index (χ4n) is 5.66. The third kappa shape index (κ3) is 5.65. The molecule has 0 saturated carbocycles. The molecular weight excluding hydrogens is 559 g/mol. The minimum absolute atomic E-state index is 0.177. The summed E-state index contributed by atoms with van der Waals surface area (Å²) in [6, 6.07) is 7.08. The number of nitrogens with zero attached hydrogens (tertiary/aromatic N) is 2. The lowest BCUT2D eigenvalue weighted by atomic mass is 9.85. The molecular formula is C31H39N2O8P. The van der Waals surface area contributed by atoms with Gasteiger partial charge in [0.1, 0.15) is 18.0 Å². The van der Waals surface area contributed by atoms with Gasteiger partial charge in [0.05, 0.1) is 48.6 Å². The molecule has 4 heterocycles. The largest absolute Gasteiger partial charge is 0.530 e. The molecule has 0 spiro atoms. The predicted molar refractivity (Wildman–Crippen MR) is 158 cm³/mol. The molecule has 226 valence electrons. The van der Waals surface area contributed by atoms with E-state index in [1.807, 2.05) is 20.8 Å². The number of unbranched alkanes of at least 4 members (excludes halogenated alkanes) is 2. The van der Waals surface area contributed by atoms with E-state index >= 15 is 0 Å². The van der Waals surface area contributed by atoms with Crippen molar-refractivity contribution in [2.45, 2.75) is 91.4 Å². The minimum atomic E-state index is -3.83. The van der Waals surface area contributed by atoms with Gasteiger partial charge >= 0.3 is 13.8 Å². The van der Waals surface area contributed by atoms with Crippen molar-refractivity contribution in [2.24, 2.45) is 0 Å². The number of benzene rings is 1. The maximum Gasteiger partial charge on any atom is 0.530 e. The molecule has 2 aliphatic heterocycles. The van der Waals surface area contributed by atoms with Crippen LogP contribution in [0.4, 0.5) is 0 Å². The molecule has 1 N–H and O–H groups in total. The van der Waals surface area contributed by atoms with Crippen LogP contribution < -0.4 is 10.1 Å². The Kier molecular flexibility index (Phi) is 8.90. The van der Waals surface area contributed by atoms with Crippen molar-refractivity contribution in [3.05, 3.63) is 56.9 Å².